The highest BCUT2D eigenvalue weighted by Crippen LogP contribution is 2.00. The first-order valence-electron chi connectivity index (χ1n) is 3.39. The molecule has 0 unspecified atom stereocenters. The van der Waals surface area contributed by atoms with E-state index in [-0.39, 0.29) is 5.91 Å². The van der Waals surface area contributed by atoms with Crippen LogP contribution in [0.1, 0.15) is 10.4 Å². The van der Waals surface area contributed by atoms with Crippen molar-refractivity contribution in [2.75, 3.05) is 7.05 Å². The summed E-state index contributed by atoms with van der Waals surface area (Å²) in [5, 5.41) is 8.41. The summed E-state index contributed by atoms with van der Waals surface area (Å²) in [5.41, 5.74) is 0.474. The summed E-state index contributed by atoms with van der Waals surface area (Å²) in [4.78, 5) is 12.2. The van der Waals surface area contributed by atoms with Crippen LogP contribution in [0.5, 0.6) is 0 Å². The summed E-state index contributed by atoms with van der Waals surface area (Å²) >= 11 is 0. The van der Waals surface area contributed by atoms with Crippen LogP contribution in [0, 0.1) is 17.5 Å². The number of carbonyl (C=O) groups excluding carboxylic acids is 1. The van der Waals surface area contributed by atoms with Gasteiger partial charge in [-0.2, -0.15) is 5.26 Å². The lowest BCUT2D eigenvalue weighted by Crippen LogP contribution is -2.20. The second-order valence-corrected chi connectivity index (χ2v) is 2.26. The van der Waals surface area contributed by atoms with Gasteiger partial charge in [0.1, 0.15) is 0 Å². The average Bonchev–Trinajstić information content (AvgIpc) is 2.17. The number of rotatable bonds is 1. The van der Waals surface area contributed by atoms with Crippen molar-refractivity contribution in [3.8, 4) is 6.19 Å². The van der Waals surface area contributed by atoms with Crippen LogP contribution < -0.4 is 0 Å². The van der Waals surface area contributed by atoms with Gasteiger partial charge in [0.15, 0.2) is 6.19 Å². The molecule has 3 heteroatoms. The van der Waals surface area contributed by atoms with Gasteiger partial charge in [-0.1, -0.05) is 12.1 Å². The topological polar surface area (TPSA) is 44.1 Å². The molecule has 0 saturated carbocycles. The van der Waals surface area contributed by atoms with Crippen molar-refractivity contribution in [2.45, 2.75) is 0 Å². The molecule has 1 amide bonds. The van der Waals surface area contributed by atoms with Gasteiger partial charge in [0.05, 0.1) is 0 Å². The molecule has 3 nitrogen and oxygen atoms in total. The lowest BCUT2D eigenvalue weighted by molar-refractivity contribution is 0.0858. The van der Waals surface area contributed by atoms with Gasteiger partial charge >= 0.3 is 0 Å². The van der Waals surface area contributed by atoms with Gasteiger partial charge in [-0.15, -0.1) is 0 Å². The number of benzene rings is 1. The van der Waals surface area contributed by atoms with E-state index in [0.717, 1.165) is 4.90 Å². The summed E-state index contributed by atoms with van der Waals surface area (Å²) in [6.45, 7) is 0. The number of hydrogen-bond acceptors (Lipinski definition) is 2. The highest BCUT2D eigenvalue weighted by molar-refractivity contribution is 5.94. The number of nitriles is 1. The third kappa shape index (κ3) is 1.61. The molecule has 0 saturated heterocycles. The third-order valence-electron chi connectivity index (χ3n) is 1.41. The fourth-order valence-electron chi connectivity index (χ4n) is 0.765. The van der Waals surface area contributed by atoms with Crippen molar-refractivity contribution in [3.63, 3.8) is 0 Å². The maximum Gasteiger partial charge on any atom is 0.266 e. The molecule has 0 aliphatic carbocycles. The molecule has 0 fully saturated rings. The predicted molar refractivity (Wildman–Crippen MR) is 43.0 cm³/mol. The van der Waals surface area contributed by atoms with E-state index in [9.17, 15) is 4.79 Å². The fraction of sp³-hybridized carbons (Fsp3) is 0.111. The number of nitrogens with zero attached hydrogens (tertiary/aromatic N) is 2. The SMILES string of the molecule is CN(C#N)C(=O)c1c[c]ccc1. The van der Waals surface area contributed by atoms with Crippen LogP contribution in [0.25, 0.3) is 0 Å². The van der Waals surface area contributed by atoms with Gasteiger partial charge in [0.25, 0.3) is 5.91 Å². The van der Waals surface area contributed by atoms with Crippen molar-refractivity contribution in [3.05, 3.63) is 35.9 Å². The molecule has 0 aromatic heterocycles. The average molecular weight is 159 g/mol. The molecule has 1 aromatic carbocycles. The molecular formula is C9H7N2O. The van der Waals surface area contributed by atoms with Crippen LogP contribution in [-0.2, 0) is 0 Å². The Kier molecular flexibility index (Phi) is 2.44. The molecule has 1 radical (unpaired) electrons. The first kappa shape index (κ1) is 8.28. The lowest BCUT2D eigenvalue weighted by atomic mass is 10.2. The van der Waals surface area contributed by atoms with Gasteiger partial charge in [-0.3, -0.25) is 4.79 Å². The molecule has 0 heterocycles. The van der Waals surface area contributed by atoms with Crippen LogP contribution in [0.2, 0.25) is 0 Å². The third-order valence-corrected chi connectivity index (χ3v) is 1.41. The first-order valence-corrected chi connectivity index (χ1v) is 3.39. The Labute approximate surface area is 70.8 Å². The van der Waals surface area contributed by atoms with Crippen molar-refractivity contribution < 1.29 is 4.79 Å². The van der Waals surface area contributed by atoms with Crippen LogP contribution in [0.3, 0.4) is 0 Å². The molecule has 1 aromatic rings. The lowest BCUT2D eigenvalue weighted by Gasteiger charge is -2.05. The second-order valence-electron chi connectivity index (χ2n) is 2.26. The zero-order chi connectivity index (χ0) is 8.97. The minimum atomic E-state index is -0.311. The minimum Gasteiger partial charge on any atom is -0.268 e. The van der Waals surface area contributed by atoms with E-state index in [1.165, 1.54) is 7.05 Å². The maximum absolute atomic E-state index is 11.3. The van der Waals surface area contributed by atoms with Crippen molar-refractivity contribution in [2.24, 2.45) is 0 Å². The Morgan fingerprint density at radius 1 is 1.75 bits per heavy atom. The fourth-order valence-corrected chi connectivity index (χ4v) is 0.765. The smallest absolute Gasteiger partial charge is 0.266 e. The summed E-state index contributed by atoms with van der Waals surface area (Å²) in [6, 6.07) is 9.37. The summed E-state index contributed by atoms with van der Waals surface area (Å²) < 4.78 is 0. The van der Waals surface area contributed by atoms with E-state index >= 15 is 0 Å². The first-order chi connectivity index (χ1) is 5.75. The number of amides is 1. The molecular weight excluding hydrogens is 152 g/mol. The zero-order valence-corrected chi connectivity index (χ0v) is 6.61. The predicted octanol–water partition coefficient (Wildman–Crippen LogP) is 1.04. The van der Waals surface area contributed by atoms with E-state index in [4.69, 9.17) is 5.26 Å². The van der Waals surface area contributed by atoms with Gasteiger partial charge in [-0.05, 0) is 18.2 Å². The molecule has 0 bridgehead atoms. The van der Waals surface area contributed by atoms with E-state index in [1.807, 2.05) is 0 Å². The largest absolute Gasteiger partial charge is 0.268 e. The van der Waals surface area contributed by atoms with E-state index < -0.39 is 0 Å². The Hall–Kier alpha value is -1.82. The Balaban J connectivity index is 2.88. The van der Waals surface area contributed by atoms with Crippen molar-refractivity contribution in [1.82, 2.24) is 4.90 Å². The van der Waals surface area contributed by atoms with Crippen LogP contribution in [0.15, 0.2) is 24.3 Å². The highest BCUT2D eigenvalue weighted by Gasteiger charge is 2.08. The van der Waals surface area contributed by atoms with Crippen molar-refractivity contribution in [1.29, 1.82) is 5.26 Å². The van der Waals surface area contributed by atoms with E-state index in [0.29, 0.717) is 5.56 Å². The molecule has 0 aliphatic heterocycles. The molecule has 0 aliphatic rings. The van der Waals surface area contributed by atoms with Crippen molar-refractivity contribution >= 4 is 5.91 Å². The monoisotopic (exact) mass is 159 g/mol. The Bertz CT molecular complexity index is 313. The van der Waals surface area contributed by atoms with Crippen LogP contribution in [0.4, 0.5) is 0 Å². The molecule has 0 atom stereocenters. The molecule has 0 spiro atoms. The number of hydrogen-bond donors (Lipinski definition) is 0. The Morgan fingerprint density at radius 2 is 2.50 bits per heavy atom. The van der Waals surface area contributed by atoms with Gasteiger partial charge in [-0.25, -0.2) is 4.90 Å². The summed E-state index contributed by atoms with van der Waals surface area (Å²) in [7, 11) is 1.43. The summed E-state index contributed by atoms with van der Waals surface area (Å²) in [5.74, 6) is -0.311. The standard InChI is InChI=1S/C9H7N2O/c1-11(7-10)9(12)8-5-3-2-4-6-8/h2-3,5-6H,1H3. The number of carbonyl (C=O) groups is 1. The normalized spacial score (nSPS) is 8.67. The zero-order valence-electron chi connectivity index (χ0n) is 6.61. The van der Waals surface area contributed by atoms with E-state index in [1.54, 1.807) is 30.5 Å². The van der Waals surface area contributed by atoms with Gasteiger partial charge in [0, 0.05) is 12.6 Å². The van der Waals surface area contributed by atoms with Crippen LogP contribution >= 0.6 is 0 Å². The Morgan fingerprint density at radius 3 is 3.00 bits per heavy atom. The molecule has 12 heavy (non-hydrogen) atoms. The second kappa shape index (κ2) is 3.54. The van der Waals surface area contributed by atoms with E-state index in [2.05, 4.69) is 6.07 Å². The molecule has 0 N–H and O–H groups in total. The minimum absolute atomic E-state index is 0.311. The summed E-state index contributed by atoms with van der Waals surface area (Å²) in [6.07, 6.45) is 1.73. The van der Waals surface area contributed by atoms with Crippen LogP contribution in [-0.4, -0.2) is 17.9 Å². The quantitative estimate of drug-likeness (QED) is 0.454. The van der Waals surface area contributed by atoms with Gasteiger partial charge in [0.2, 0.25) is 0 Å². The molecule has 1 rings (SSSR count). The van der Waals surface area contributed by atoms with Gasteiger partial charge < -0.3 is 0 Å². The molecule has 59 valence electrons. The highest BCUT2D eigenvalue weighted by atomic mass is 16.2. The maximum atomic E-state index is 11.3.